The van der Waals surface area contributed by atoms with Gasteiger partial charge >= 0.3 is 0 Å². The van der Waals surface area contributed by atoms with Crippen molar-refractivity contribution in [2.24, 2.45) is 5.92 Å². The fraction of sp³-hybridized carbons (Fsp3) is 0.455. The van der Waals surface area contributed by atoms with E-state index in [9.17, 15) is 0 Å². The average Bonchev–Trinajstić information content (AvgIpc) is 2.67. The minimum absolute atomic E-state index is 0.0653. The highest BCUT2D eigenvalue weighted by molar-refractivity contribution is 5.43. The van der Waals surface area contributed by atoms with E-state index in [1.807, 2.05) is 12.1 Å². The van der Waals surface area contributed by atoms with Gasteiger partial charge in [-0.1, -0.05) is 13.0 Å². The molecule has 1 aromatic heterocycles. The smallest absolute Gasteiger partial charge is 0.126 e. The van der Waals surface area contributed by atoms with Crippen molar-refractivity contribution in [3.63, 3.8) is 0 Å². The van der Waals surface area contributed by atoms with Crippen LogP contribution in [0.2, 0.25) is 0 Å². The van der Waals surface area contributed by atoms with Crippen molar-refractivity contribution < 1.29 is 9.52 Å². The molecule has 0 amide bonds. The third-order valence-electron chi connectivity index (χ3n) is 2.51. The van der Waals surface area contributed by atoms with Gasteiger partial charge in [-0.05, 0) is 30.5 Å². The highest BCUT2D eigenvalue weighted by Gasteiger charge is 2.36. The van der Waals surface area contributed by atoms with Gasteiger partial charge in [0.05, 0.1) is 6.61 Å². The number of hydrogen-bond donors (Lipinski definition) is 1. The minimum Gasteiger partial charge on any atom is -0.461 e. The maximum absolute atomic E-state index is 8.57. The van der Waals surface area contributed by atoms with Gasteiger partial charge in [-0.15, -0.1) is 0 Å². The van der Waals surface area contributed by atoms with Crippen LogP contribution >= 0.6 is 0 Å². The molecule has 1 saturated carbocycles. The van der Waals surface area contributed by atoms with Crippen LogP contribution < -0.4 is 0 Å². The number of rotatable bonds is 3. The molecule has 2 heteroatoms. The second kappa shape index (κ2) is 3.38. The van der Waals surface area contributed by atoms with E-state index in [0.717, 1.165) is 17.4 Å². The average molecular weight is 178 g/mol. The Morgan fingerprint density at radius 1 is 1.62 bits per heavy atom. The monoisotopic (exact) mass is 178 g/mol. The zero-order chi connectivity index (χ0) is 9.26. The maximum atomic E-state index is 8.57. The summed E-state index contributed by atoms with van der Waals surface area (Å²) in [4.78, 5) is 0. The van der Waals surface area contributed by atoms with Gasteiger partial charge in [0.1, 0.15) is 11.5 Å². The second-order valence-electron chi connectivity index (χ2n) is 3.64. The number of aliphatic hydroxyl groups is 1. The van der Waals surface area contributed by atoms with Gasteiger partial charge in [-0.2, -0.15) is 0 Å². The lowest BCUT2D eigenvalue weighted by Crippen LogP contribution is -1.74. The molecule has 0 radical (unpaired) electrons. The van der Waals surface area contributed by atoms with Gasteiger partial charge in [-0.25, -0.2) is 0 Å². The van der Waals surface area contributed by atoms with Crippen molar-refractivity contribution in [1.29, 1.82) is 0 Å². The van der Waals surface area contributed by atoms with Crippen molar-refractivity contribution >= 4 is 6.08 Å². The van der Waals surface area contributed by atoms with E-state index in [4.69, 9.17) is 9.52 Å². The van der Waals surface area contributed by atoms with Crippen molar-refractivity contribution in [3.8, 4) is 0 Å². The first-order valence-electron chi connectivity index (χ1n) is 4.68. The van der Waals surface area contributed by atoms with Crippen LogP contribution in [0.15, 0.2) is 22.6 Å². The molecule has 0 bridgehead atoms. The molecule has 2 unspecified atom stereocenters. The molecule has 2 nitrogen and oxygen atoms in total. The summed E-state index contributed by atoms with van der Waals surface area (Å²) in [7, 11) is 0. The molecule has 0 spiro atoms. The molecule has 2 atom stereocenters. The Bertz CT molecular complexity index is 312. The predicted octanol–water partition coefficient (Wildman–Crippen LogP) is 2.41. The van der Waals surface area contributed by atoms with Gasteiger partial charge in [0.15, 0.2) is 0 Å². The van der Waals surface area contributed by atoms with E-state index in [2.05, 4.69) is 6.92 Å². The van der Waals surface area contributed by atoms with Gasteiger partial charge in [0.2, 0.25) is 0 Å². The number of aliphatic hydroxyl groups excluding tert-OH is 1. The van der Waals surface area contributed by atoms with Gasteiger partial charge in [-0.3, -0.25) is 0 Å². The lowest BCUT2D eigenvalue weighted by atomic mass is 10.3. The fourth-order valence-corrected chi connectivity index (χ4v) is 1.54. The third kappa shape index (κ3) is 1.83. The summed E-state index contributed by atoms with van der Waals surface area (Å²) in [6, 6.07) is 3.98. The molecule has 1 N–H and O–H groups in total. The molecule has 0 aliphatic heterocycles. The zero-order valence-electron chi connectivity index (χ0n) is 7.73. The van der Waals surface area contributed by atoms with E-state index >= 15 is 0 Å². The van der Waals surface area contributed by atoms with Gasteiger partial charge in [0.25, 0.3) is 0 Å². The largest absolute Gasteiger partial charge is 0.461 e. The molecule has 2 rings (SSSR count). The van der Waals surface area contributed by atoms with E-state index < -0.39 is 0 Å². The van der Waals surface area contributed by atoms with Crippen LogP contribution in [-0.2, 0) is 0 Å². The van der Waals surface area contributed by atoms with Crippen LogP contribution in [0.25, 0.3) is 6.08 Å². The Labute approximate surface area is 77.9 Å². The highest BCUT2D eigenvalue weighted by atomic mass is 16.3. The van der Waals surface area contributed by atoms with Crippen LogP contribution in [0.1, 0.15) is 30.8 Å². The zero-order valence-corrected chi connectivity index (χ0v) is 7.73. The molecule has 1 fully saturated rings. The van der Waals surface area contributed by atoms with E-state index in [0.29, 0.717) is 5.92 Å². The lowest BCUT2D eigenvalue weighted by Gasteiger charge is -1.89. The van der Waals surface area contributed by atoms with Crippen LogP contribution in [0, 0.1) is 5.92 Å². The molecule has 1 aromatic rings. The van der Waals surface area contributed by atoms with E-state index in [1.165, 1.54) is 6.42 Å². The Morgan fingerprint density at radius 3 is 3.00 bits per heavy atom. The summed E-state index contributed by atoms with van der Waals surface area (Å²) in [5, 5.41) is 8.57. The van der Waals surface area contributed by atoms with Crippen LogP contribution in [0.4, 0.5) is 0 Å². The molecule has 0 saturated heterocycles. The first-order valence-corrected chi connectivity index (χ1v) is 4.68. The maximum Gasteiger partial charge on any atom is 0.126 e. The van der Waals surface area contributed by atoms with E-state index in [-0.39, 0.29) is 6.61 Å². The van der Waals surface area contributed by atoms with Crippen LogP contribution in [0.3, 0.4) is 0 Å². The standard InChI is InChI=1S/C11H14O2/c1-8-7-10(8)11-5-4-9(13-11)3-2-6-12/h2-5,8,10,12H,6-7H2,1H3. The normalized spacial score (nSPS) is 26.9. The highest BCUT2D eigenvalue weighted by Crippen LogP contribution is 2.47. The molecule has 1 aliphatic carbocycles. The van der Waals surface area contributed by atoms with Crippen molar-refractivity contribution in [1.82, 2.24) is 0 Å². The minimum atomic E-state index is 0.0653. The summed E-state index contributed by atoms with van der Waals surface area (Å²) < 4.78 is 5.58. The van der Waals surface area contributed by atoms with Crippen molar-refractivity contribution in [2.45, 2.75) is 19.3 Å². The van der Waals surface area contributed by atoms with E-state index in [1.54, 1.807) is 12.2 Å². The Morgan fingerprint density at radius 2 is 2.38 bits per heavy atom. The molecule has 1 heterocycles. The van der Waals surface area contributed by atoms with Crippen LogP contribution in [0.5, 0.6) is 0 Å². The van der Waals surface area contributed by atoms with Crippen LogP contribution in [-0.4, -0.2) is 11.7 Å². The molecule has 70 valence electrons. The SMILES string of the molecule is CC1CC1c1ccc(C=CCO)o1. The lowest BCUT2D eigenvalue weighted by molar-refractivity contribution is 0.343. The van der Waals surface area contributed by atoms with Crippen molar-refractivity contribution in [2.75, 3.05) is 6.61 Å². The second-order valence-corrected chi connectivity index (χ2v) is 3.64. The molecule has 0 aromatic carbocycles. The summed E-state index contributed by atoms with van der Waals surface area (Å²) in [6.45, 7) is 2.30. The summed E-state index contributed by atoms with van der Waals surface area (Å²) in [5.41, 5.74) is 0. The van der Waals surface area contributed by atoms with Gasteiger partial charge in [0, 0.05) is 5.92 Å². The number of furan rings is 1. The summed E-state index contributed by atoms with van der Waals surface area (Å²) in [5.74, 6) is 3.34. The first-order chi connectivity index (χ1) is 6.31. The predicted molar refractivity (Wildman–Crippen MR) is 51.3 cm³/mol. The Balaban J connectivity index is 2.05. The molecule has 13 heavy (non-hydrogen) atoms. The topological polar surface area (TPSA) is 33.4 Å². The molecular weight excluding hydrogens is 164 g/mol. The fourth-order valence-electron chi connectivity index (χ4n) is 1.54. The molecular formula is C11H14O2. The van der Waals surface area contributed by atoms with Gasteiger partial charge < -0.3 is 9.52 Å². The first kappa shape index (κ1) is 8.57. The number of hydrogen-bond acceptors (Lipinski definition) is 2. The summed E-state index contributed by atoms with van der Waals surface area (Å²) in [6.07, 6.45) is 4.73. The summed E-state index contributed by atoms with van der Waals surface area (Å²) >= 11 is 0. The third-order valence-corrected chi connectivity index (χ3v) is 2.51. The Kier molecular flexibility index (Phi) is 2.23. The van der Waals surface area contributed by atoms with Crippen molar-refractivity contribution in [3.05, 3.63) is 29.7 Å². The molecule has 1 aliphatic rings. The Hall–Kier alpha value is -1.02. The quantitative estimate of drug-likeness (QED) is 0.771.